The molecule has 0 saturated carbocycles. The molecule has 7 heteroatoms. The third-order valence-corrected chi connectivity index (χ3v) is 6.86. The summed E-state index contributed by atoms with van der Waals surface area (Å²) in [5.41, 5.74) is 4.82. The predicted molar refractivity (Wildman–Crippen MR) is 137 cm³/mol. The van der Waals surface area contributed by atoms with E-state index in [9.17, 15) is 4.79 Å². The van der Waals surface area contributed by atoms with E-state index in [1.165, 1.54) is 18.4 Å². The highest BCUT2D eigenvalue weighted by atomic mass is 16.1. The van der Waals surface area contributed by atoms with Crippen LogP contribution in [0, 0.1) is 0 Å². The Balaban J connectivity index is 1.37. The van der Waals surface area contributed by atoms with Gasteiger partial charge in [-0.3, -0.25) is 9.89 Å². The fraction of sp³-hybridized carbons (Fsp3) is 0.222. The Morgan fingerprint density at radius 1 is 1.00 bits per heavy atom. The Morgan fingerprint density at radius 3 is 2.65 bits per heavy atom. The van der Waals surface area contributed by atoms with Crippen molar-refractivity contribution < 1.29 is 0 Å². The largest absolute Gasteiger partial charge is 0.340 e. The van der Waals surface area contributed by atoms with Gasteiger partial charge in [0.05, 0.1) is 22.8 Å². The van der Waals surface area contributed by atoms with Gasteiger partial charge in [0.1, 0.15) is 5.82 Å². The van der Waals surface area contributed by atoms with Crippen LogP contribution in [0.4, 0.5) is 11.5 Å². The van der Waals surface area contributed by atoms with E-state index >= 15 is 0 Å². The van der Waals surface area contributed by atoms with Gasteiger partial charge in [0.2, 0.25) is 0 Å². The average molecular weight is 451 g/mol. The lowest BCUT2D eigenvalue weighted by Crippen LogP contribution is -2.29. The summed E-state index contributed by atoms with van der Waals surface area (Å²) in [5.74, 6) is 1.15. The number of pyridine rings is 2. The number of nitrogens with zero attached hydrogens (tertiary/aromatic N) is 3. The van der Waals surface area contributed by atoms with Crippen molar-refractivity contribution in [3.8, 4) is 11.3 Å². The highest BCUT2D eigenvalue weighted by Gasteiger charge is 2.18. The van der Waals surface area contributed by atoms with Crippen molar-refractivity contribution in [3.05, 3.63) is 82.9 Å². The topological polar surface area (TPSA) is 89.7 Å². The summed E-state index contributed by atoms with van der Waals surface area (Å²) in [6.45, 7) is 2.28. The number of hydrogen-bond donors (Lipinski definition) is 3. The molecule has 1 fully saturated rings. The number of fused-ring (bicyclic) bond motifs is 2. The van der Waals surface area contributed by atoms with Crippen LogP contribution in [-0.4, -0.2) is 45.2 Å². The standard InChI is InChI=1S/C27H26N6O/c1-33-12-9-18(10-13-33)17-4-6-22(7-5-17)30-26-25-20(8-11-28-27(25)34)15-23(31-26)19-2-3-21-16-29-32-24(21)14-19/h2-8,11,14-16,18H,9-10,12-13H2,1H3,(H,28,34)(H,29,32)(H,30,31). The first-order valence-electron chi connectivity index (χ1n) is 11.7. The maximum Gasteiger partial charge on any atom is 0.259 e. The molecule has 0 aliphatic carbocycles. The molecule has 4 heterocycles. The summed E-state index contributed by atoms with van der Waals surface area (Å²) in [5, 5.41) is 13.0. The number of aromatic nitrogens is 4. The van der Waals surface area contributed by atoms with Gasteiger partial charge in [-0.25, -0.2) is 4.98 Å². The van der Waals surface area contributed by atoms with Crippen LogP contribution in [-0.2, 0) is 0 Å². The summed E-state index contributed by atoms with van der Waals surface area (Å²) < 4.78 is 0. The molecular formula is C27H26N6O. The van der Waals surface area contributed by atoms with E-state index in [1.807, 2.05) is 30.3 Å². The molecule has 0 amide bonds. The lowest BCUT2D eigenvalue weighted by molar-refractivity contribution is 0.255. The van der Waals surface area contributed by atoms with E-state index < -0.39 is 0 Å². The lowest BCUT2D eigenvalue weighted by atomic mass is 9.89. The number of likely N-dealkylation sites (tertiary alicyclic amines) is 1. The van der Waals surface area contributed by atoms with Gasteiger partial charge in [-0.2, -0.15) is 5.10 Å². The minimum Gasteiger partial charge on any atom is -0.340 e. The first-order chi connectivity index (χ1) is 16.6. The molecule has 7 nitrogen and oxygen atoms in total. The van der Waals surface area contributed by atoms with Crippen LogP contribution in [0.3, 0.4) is 0 Å². The third-order valence-electron chi connectivity index (χ3n) is 6.86. The van der Waals surface area contributed by atoms with Crippen LogP contribution in [0.5, 0.6) is 0 Å². The molecule has 170 valence electrons. The summed E-state index contributed by atoms with van der Waals surface area (Å²) in [7, 11) is 2.18. The van der Waals surface area contributed by atoms with Gasteiger partial charge >= 0.3 is 0 Å². The number of rotatable bonds is 4. The number of aromatic amines is 2. The fourth-order valence-corrected chi connectivity index (χ4v) is 4.87. The molecule has 0 atom stereocenters. The van der Waals surface area contributed by atoms with Gasteiger partial charge in [0, 0.05) is 22.8 Å². The second-order valence-electron chi connectivity index (χ2n) is 9.12. The van der Waals surface area contributed by atoms with Crippen LogP contribution >= 0.6 is 0 Å². The highest BCUT2D eigenvalue weighted by Crippen LogP contribution is 2.31. The zero-order chi connectivity index (χ0) is 23.1. The fourth-order valence-electron chi connectivity index (χ4n) is 4.87. The van der Waals surface area contributed by atoms with Crippen molar-refractivity contribution in [3.63, 3.8) is 0 Å². The smallest absolute Gasteiger partial charge is 0.259 e. The molecule has 3 aromatic heterocycles. The average Bonchev–Trinajstić information content (AvgIpc) is 3.33. The second kappa shape index (κ2) is 8.43. The van der Waals surface area contributed by atoms with E-state index in [2.05, 4.69) is 56.7 Å². The maximum atomic E-state index is 12.7. The molecule has 0 bridgehead atoms. The molecule has 0 spiro atoms. The van der Waals surface area contributed by atoms with E-state index in [-0.39, 0.29) is 5.56 Å². The van der Waals surface area contributed by atoms with Crippen LogP contribution in [0.25, 0.3) is 32.9 Å². The van der Waals surface area contributed by atoms with E-state index in [1.54, 1.807) is 12.4 Å². The molecule has 2 aromatic carbocycles. The predicted octanol–water partition coefficient (Wildman–Crippen LogP) is 5.02. The monoisotopic (exact) mass is 450 g/mol. The molecule has 1 aliphatic rings. The van der Waals surface area contributed by atoms with E-state index in [4.69, 9.17) is 4.98 Å². The van der Waals surface area contributed by atoms with E-state index in [0.717, 1.165) is 46.3 Å². The van der Waals surface area contributed by atoms with Gasteiger partial charge in [-0.15, -0.1) is 0 Å². The molecule has 1 saturated heterocycles. The molecule has 6 rings (SSSR count). The number of piperidine rings is 1. The Bertz CT molecular complexity index is 1530. The minimum atomic E-state index is -0.161. The van der Waals surface area contributed by atoms with Crippen molar-refractivity contribution in [1.29, 1.82) is 0 Å². The molecular weight excluding hydrogens is 424 g/mol. The number of H-pyrrole nitrogens is 2. The number of nitrogens with one attached hydrogen (secondary N) is 3. The van der Waals surface area contributed by atoms with Crippen LogP contribution in [0.15, 0.2) is 71.8 Å². The number of benzene rings is 2. The summed E-state index contributed by atoms with van der Waals surface area (Å²) in [6, 6.07) is 18.5. The van der Waals surface area contributed by atoms with Gasteiger partial charge in [-0.05, 0) is 80.2 Å². The summed E-state index contributed by atoms with van der Waals surface area (Å²) in [4.78, 5) is 22.8. The van der Waals surface area contributed by atoms with Crippen LogP contribution in [0.2, 0.25) is 0 Å². The Morgan fingerprint density at radius 2 is 1.82 bits per heavy atom. The molecule has 0 unspecified atom stereocenters. The normalized spacial score (nSPS) is 15.2. The highest BCUT2D eigenvalue weighted by molar-refractivity contribution is 5.95. The molecule has 34 heavy (non-hydrogen) atoms. The second-order valence-corrected chi connectivity index (χ2v) is 9.12. The maximum absolute atomic E-state index is 12.7. The van der Waals surface area contributed by atoms with Gasteiger partial charge in [0.25, 0.3) is 5.56 Å². The molecule has 1 aliphatic heterocycles. The number of anilines is 2. The Kier molecular flexibility index (Phi) is 5.11. The van der Waals surface area contributed by atoms with Crippen molar-refractivity contribution in [2.24, 2.45) is 0 Å². The van der Waals surface area contributed by atoms with E-state index in [0.29, 0.717) is 17.1 Å². The van der Waals surface area contributed by atoms with Crippen molar-refractivity contribution in [2.45, 2.75) is 18.8 Å². The quantitative estimate of drug-likeness (QED) is 0.358. The zero-order valence-electron chi connectivity index (χ0n) is 19.0. The van der Waals surface area contributed by atoms with Crippen LogP contribution in [0.1, 0.15) is 24.3 Å². The molecule has 0 radical (unpaired) electrons. The zero-order valence-corrected chi connectivity index (χ0v) is 19.0. The Hall–Kier alpha value is -3.97. The van der Waals surface area contributed by atoms with Gasteiger partial charge in [0.15, 0.2) is 0 Å². The lowest BCUT2D eigenvalue weighted by Gasteiger charge is -2.29. The summed E-state index contributed by atoms with van der Waals surface area (Å²) in [6.07, 6.45) is 5.85. The Labute approximate surface area is 196 Å². The number of hydrogen-bond acceptors (Lipinski definition) is 5. The first-order valence-corrected chi connectivity index (χ1v) is 11.7. The van der Waals surface area contributed by atoms with Crippen LogP contribution < -0.4 is 10.9 Å². The summed E-state index contributed by atoms with van der Waals surface area (Å²) >= 11 is 0. The molecule has 3 N–H and O–H groups in total. The van der Waals surface area contributed by atoms with Crippen molar-refractivity contribution in [1.82, 2.24) is 25.1 Å². The SMILES string of the molecule is CN1CCC(c2ccc(Nc3nc(-c4ccc5cn[nH]c5c4)cc4cc[nH]c(=O)c34)cc2)CC1. The third kappa shape index (κ3) is 3.84. The van der Waals surface area contributed by atoms with Crippen molar-refractivity contribution >= 4 is 33.2 Å². The minimum absolute atomic E-state index is 0.161. The molecule has 5 aromatic rings. The van der Waals surface area contributed by atoms with Gasteiger partial charge in [-0.1, -0.05) is 24.3 Å². The van der Waals surface area contributed by atoms with Gasteiger partial charge < -0.3 is 15.2 Å². The van der Waals surface area contributed by atoms with Crippen molar-refractivity contribution in [2.75, 3.05) is 25.5 Å². The first kappa shape index (κ1) is 20.6.